The molecule has 3 nitrogen and oxygen atoms in total. The van der Waals surface area contributed by atoms with Crippen LogP contribution in [0.3, 0.4) is 0 Å². The molecule has 0 saturated heterocycles. The predicted octanol–water partition coefficient (Wildman–Crippen LogP) is 4.38. The average Bonchev–Trinajstić information content (AvgIpc) is 2.64. The molecule has 0 aliphatic heterocycles. The van der Waals surface area contributed by atoms with Crippen molar-refractivity contribution in [3.8, 4) is 23.7 Å². The van der Waals surface area contributed by atoms with Crippen LogP contribution in [0.2, 0.25) is 0 Å². The molecule has 0 aliphatic rings. The molecule has 0 aliphatic carbocycles. The molecule has 26 heavy (non-hydrogen) atoms. The lowest BCUT2D eigenvalue weighted by Crippen LogP contribution is -2.25. The number of unbranched alkanes of at least 4 members (excludes halogenated alkanes) is 4. The number of amides is 1. The molecule has 0 fully saturated rings. The third-order valence-corrected chi connectivity index (χ3v) is 3.64. The molecule has 0 heterocycles. The van der Waals surface area contributed by atoms with Crippen LogP contribution in [0.15, 0.2) is 24.3 Å². The highest BCUT2D eigenvalue weighted by Gasteiger charge is 1.97. The van der Waals surface area contributed by atoms with Crippen molar-refractivity contribution in [2.45, 2.75) is 71.6 Å². The van der Waals surface area contributed by atoms with Gasteiger partial charge in [0, 0.05) is 25.8 Å². The Morgan fingerprint density at radius 3 is 2.62 bits per heavy atom. The summed E-state index contributed by atoms with van der Waals surface area (Å²) in [6, 6.07) is 0. The van der Waals surface area contributed by atoms with E-state index in [0.29, 0.717) is 31.7 Å². The van der Waals surface area contributed by atoms with Crippen LogP contribution >= 0.6 is 0 Å². The fourth-order valence-corrected chi connectivity index (χ4v) is 2.18. The molecule has 0 saturated carbocycles. The van der Waals surface area contributed by atoms with E-state index in [1.807, 2.05) is 0 Å². The van der Waals surface area contributed by atoms with Gasteiger partial charge < -0.3 is 10.4 Å². The van der Waals surface area contributed by atoms with E-state index in [2.05, 4.69) is 67.2 Å². The number of hydrogen-bond acceptors (Lipinski definition) is 2. The molecule has 0 bridgehead atoms. The summed E-state index contributed by atoms with van der Waals surface area (Å²) < 4.78 is 0. The van der Waals surface area contributed by atoms with Gasteiger partial charge in [0.05, 0.1) is 13.0 Å². The molecular weight excluding hydrogens is 322 g/mol. The maximum Gasteiger partial charge on any atom is 0.220 e. The van der Waals surface area contributed by atoms with Crippen molar-refractivity contribution < 1.29 is 9.90 Å². The molecule has 1 atom stereocenters. The Morgan fingerprint density at radius 1 is 1.08 bits per heavy atom. The van der Waals surface area contributed by atoms with Crippen LogP contribution < -0.4 is 5.32 Å². The molecule has 0 rings (SSSR count). The smallest absolute Gasteiger partial charge is 0.220 e. The molecule has 1 amide bonds. The van der Waals surface area contributed by atoms with E-state index in [0.717, 1.165) is 12.8 Å². The second-order valence-electron chi connectivity index (χ2n) is 6.23. The summed E-state index contributed by atoms with van der Waals surface area (Å²) in [5.74, 6) is 12.6. The first-order valence-corrected chi connectivity index (χ1v) is 9.83. The summed E-state index contributed by atoms with van der Waals surface area (Å²) in [5, 5.41) is 11.2. The molecule has 144 valence electrons. The normalized spacial score (nSPS) is 11.7. The van der Waals surface area contributed by atoms with E-state index in [1.54, 1.807) is 0 Å². The van der Waals surface area contributed by atoms with Gasteiger partial charge in [0.15, 0.2) is 0 Å². The van der Waals surface area contributed by atoms with Crippen molar-refractivity contribution in [2.75, 3.05) is 13.2 Å². The van der Waals surface area contributed by atoms with Gasteiger partial charge in [-0.2, -0.15) is 0 Å². The lowest BCUT2D eigenvalue weighted by molar-refractivity contribution is -0.121. The van der Waals surface area contributed by atoms with Gasteiger partial charge in [-0.1, -0.05) is 68.8 Å². The summed E-state index contributed by atoms with van der Waals surface area (Å²) in [5.41, 5.74) is 0. The third kappa shape index (κ3) is 18.4. The zero-order valence-electron chi connectivity index (χ0n) is 16.5. The largest absolute Gasteiger partial charge is 0.395 e. The van der Waals surface area contributed by atoms with Crippen LogP contribution in [0.1, 0.15) is 71.6 Å². The zero-order chi connectivity index (χ0) is 19.3. The topological polar surface area (TPSA) is 49.3 Å². The van der Waals surface area contributed by atoms with Crippen molar-refractivity contribution >= 4 is 5.91 Å². The predicted molar refractivity (Wildman–Crippen MR) is 110 cm³/mol. The van der Waals surface area contributed by atoms with Gasteiger partial charge in [0.1, 0.15) is 0 Å². The fraction of sp³-hybridized carbons (Fsp3) is 0.609. The molecule has 3 heteroatoms. The zero-order valence-corrected chi connectivity index (χ0v) is 16.5. The summed E-state index contributed by atoms with van der Waals surface area (Å²) in [4.78, 5) is 11.3. The molecule has 2 N–H and O–H groups in total. The van der Waals surface area contributed by atoms with E-state index >= 15 is 0 Å². The Labute approximate surface area is 160 Å². The maximum atomic E-state index is 11.3. The number of hydrogen-bond donors (Lipinski definition) is 2. The van der Waals surface area contributed by atoms with Crippen LogP contribution in [-0.4, -0.2) is 24.2 Å². The van der Waals surface area contributed by atoms with Crippen LogP contribution in [0.4, 0.5) is 0 Å². The Bertz CT molecular complexity index is 526. The molecule has 0 aromatic carbocycles. The van der Waals surface area contributed by atoms with Gasteiger partial charge in [0.25, 0.3) is 0 Å². The molecule has 0 unspecified atom stereocenters. The molecule has 0 radical (unpaired) electrons. The van der Waals surface area contributed by atoms with Gasteiger partial charge >= 0.3 is 0 Å². The summed E-state index contributed by atoms with van der Waals surface area (Å²) in [6.07, 6.45) is 17.1. The van der Waals surface area contributed by atoms with E-state index in [-0.39, 0.29) is 12.5 Å². The van der Waals surface area contributed by atoms with Crippen LogP contribution in [0, 0.1) is 29.6 Å². The third-order valence-electron chi connectivity index (χ3n) is 3.64. The van der Waals surface area contributed by atoms with E-state index < -0.39 is 0 Å². The van der Waals surface area contributed by atoms with Gasteiger partial charge in [-0.05, 0) is 25.2 Å². The van der Waals surface area contributed by atoms with Crippen molar-refractivity contribution in [3.05, 3.63) is 24.3 Å². The van der Waals surface area contributed by atoms with Gasteiger partial charge in [-0.15, -0.1) is 5.92 Å². The van der Waals surface area contributed by atoms with Crippen molar-refractivity contribution in [1.29, 1.82) is 0 Å². The highest BCUT2D eigenvalue weighted by molar-refractivity contribution is 5.75. The first-order chi connectivity index (χ1) is 12.7. The minimum absolute atomic E-state index is 0.0198. The SMILES string of the molecule is CCCCC/C=C\[C@H](C)/C=C\CC#CCC#CCCCC(=O)NCCO. The highest BCUT2D eigenvalue weighted by atomic mass is 16.3. The number of carbonyl (C=O) groups excluding carboxylic acids is 1. The first kappa shape index (κ1) is 24.0. The fourth-order valence-electron chi connectivity index (χ4n) is 2.18. The first-order valence-electron chi connectivity index (χ1n) is 9.83. The molecule has 0 aromatic rings. The Balaban J connectivity index is 3.69. The van der Waals surface area contributed by atoms with Crippen LogP contribution in [0.5, 0.6) is 0 Å². The minimum Gasteiger partial charge on any atom is -0.395 e. The standard InChI is InChI=1S/C23H35NO2/c1-3-4-5-11-14-17-22(2)18-15-12-9-7-6-8-10-13-16-19-23(26)24-20-21-25/h14-15,17-18,22,25H,3-6,11-13,16,19-21H2,1-2H3,(H,24,26)/b17-14-,18-15-/t22-/m0/s1. The minimum atomic E-state index is -0.0301. The number of aliphatic hydroxyl groups excluding tert-OH is 1. The van der Waals surface area contributed by atoms with E-state index in [9.17, 15) is 4.79 Å². The Hall–Kier alpha value is -1.97. The Morgan fingerprint density at radius 2 is 1.85 bits per heavy atom. The monoisotopic (exact) mass is 357 g/mol. The quantitative estimate of drug-likeness (QED) is 0.309. The average molecular weight is 358 g/mol. The lowest BCUT2D eigenvalue weighted by atomic mass is 10.1. The lowest BCUT2D eigenvalue weighted by Gasteiger charge is -2.00. The van der Waals surface area contributed by atoms with Crippen molar-refractivity contribution in [3.63, 3.8) is 0 Å². The van der Waals surface area contributed by atoms with Crippen LogP contribution in [0.25, 0.3) is 0 Å². The maximum absolute atomic E-state index is 11.3. The number of nitrogens with one attached hydrogen (secondary N) is 1. The second kappa shape index (κ2) is 19.4. The molecular formula is C23H35NO2. The number of rotatable bonds is 12. The van der Waals surface area contributed by atoms with Gasteiger partial charge in [-0.3, -0.25) is 4.79 Å². The Kier molecular flexibility index (Phi) is 17.9. The van der Waals surface area contributed by atoms with Gasteiger partial charge in [0.2, 0.25) is 5.91 Å². The van der Waals surface area contributed by atoms with Gasteiger partial charge in [-0.25, -0.2) is 0 Å². The van der Waals surface area contributed by atoms with Crippen LogP contribution in [-0.2, 0) is 4.79 Å². The molecule has 0 aromatic heterocycles. The summed E-state index contributed by atoms with van der Waals surface area (Å²) in [7, 11) is 0. The van der Waals surface area contributed by atoms with Crippen molar-refractivity contribution in [1.82, 2.24) is 5.32 Å². The molecule has 0 spiro atoms. The highest BCUT2D eigenvalue weighted by Crippen LogP contribution is 2.04. The van der Waals surface area contributed by atoms with Crippen molar-refractivity contribution in [2.24, 2.45) is 5.92 Å². The summed E-state index contributed by atoms with van der Waals surface area (Å²) in [6.45, 7) is 4.72. The van der Waals surface area contributed by atoms with E-state index in [4.69, 9.17) is 5.11 Å². The summed E-state index contributed by atoms with van der Waals surface area (Å²) >= 11 is 0. The number of aliphatic hydroxyl groups is 1. The van der Waals surface area contributed by atoms with E-state index in [1.165, 1.54) is 25.7 Å². The second-order valence-corrected chi connectivity index (χ2v) is 6.23. The number of allylic oxidation sites excluding steroid dienone is 4. The number of carbonyl (C=O) groups is 1.